The Bertz CT molecular complexity index is 493. The second kappa shape index (κ2) is 3.41. The lowest BCUT2D eigenvalue weighted by molar-refractivity contribution is 0.0693. The zero-order chi connectivity index (χ0) is 10.8. The quantitative estimate of drug-likeness (QED) is 0.752. The predicted octanol–water partition coefficient (Wildman–Crippen LogP) is 0.671. The van der Waals surface area contributed by atoms with Gasteiger partial charge in [0.2, 0.25) is 0 Å². The van der Waals surface area contributed by atoms with Crippen molar-refractivity contribution < 1.29 is 15.0 Å². The Kier molecular flexibility index (Phi) is 2.09. The number of carboxylic acids is 1. The fourth-order valence-corrected chi connectivity index (χ4v) is 1.27. The van der Waals surface area contributed by atoms with Gasteiger partial charge in [-0.3, -0.25) is 0 Å². The van der Waals surface area contributed by atoms with Crippen LogP contribution in [0, 0.1) is 0 Å². The van der Waals surface area contributed by atoms with Crippen LogP contribution in [-0.4, -0.2) is 30.9 Å². The van der Waals surface area contributed by atoms with Gasteiger partial charge < -0.3 is 10.2 Å². The zero-order valence-electron chi connectivity index (χ0n) is 7.53. The lowest BCUT2D eigenvalue weighted by Gasteiger charge is -2.06. The van der Waals surface area contributed by atoms with Gasteiger partial charge in [-0.1, -0.05) is 6.07 Å². The van der Waals surface area contributed by atoms with Crippen LogP contribution in [0.4, 0.5) is 0 Å². The molecule has 0 fully saturated rings. The van der Waals surface area contributed by atoms with E-state index in [-0.39, 0.29) is 17.0 Å². The maximum absolute atomic E-state index is 10.9. The van der Waals surface area contributed by atoms with Gasteiger partial charge in [0.1, 0.15) is 24.0 Å². The number of phenols is 1. The molecule has 0 aliphatic rings. The first-order valence-electron chi connectivity index (χ1n) is 4.10. The molecule has 0 atom stereocenters. The minimum atomic E-state index is -1.21. The summed E-state index contributed by atoms with van der Waals surface area (Å²) in [4.78, 5) is 14.6. The third-order valence-corrected chi connectivity index (χ3v) is 1.90. The molecule has 6 nitrogen and oxygen atoms in total. The van der Waals surface area contributed by atoms with Crippen molar-refractivity contribution in [2.24, 2.45) is 0 Å². The van der Waals surface area contributed by atoms with E-state index in [1.807, 2.05) is 0 Å². The van der Waals surface area contributed by atoms with Crippen molar-refractivity contribution in [1.82, 2.24) is 14.8 Å². The molecule has 1 aromatic carbocycles. The van der Waals surface area contributed by atoms with Gasteiger partial charge in [0, 0.05) is 0 Å². The van der Waals surface area contributed by atoms with Gasteiger partial charge in [-0.05, 0) is 12.1 Å². The fraction of sp³-hybridized carbons (Fsp3) is 0. The van der Waals surface area contributed by atoms with Gasteiger partial charge in [0.15, 0.2) is 0 Å². The first-order valence-corrected chi connectivity index (χ1v) is 4.10. The standard InChI is InChI=1S/C9H7N3O3/c13-7-3-1-2-6(8(7)9(14)15)12-5-10-4-11-12/h1-5,13H,(H,14,15). The second-order valence-corrected chi connectivity index (χ2v) is 2.82. The minimum Gasteiger partial charge on any atom is -0.507 e. The Morgan fingerprint density at radius 1 is 1.40 bits per heavy atom. The van der Waals surface area contributed by atoms with E-state index in [0.717, 1.165) is 0 Å². The first kappa shape index (κ1) is 9.20. The first-order chi connectivity index (χ1) is 7.20. The Labute approximate surface area is 84.4 Å². The minimum absolute atomic E-state index is 0.192. The number of aromatic carboxylic acids is 1. The molecule has 15 heavy (non-hydrogen) atoms. The van der Waals surface area contributed by atoms with Crippen LogP contribution < -0.4 is 0 Å². The monoisotopic (exact) mass is 205 g/mol. The Hall–Kier alpha value is -2.37. The Balaban J connectivity index is 2.66. The number of carboxylic acid groups (broad SMARTS) is 1. The molecular formula is C9H7N3O3. The summed E-state index contributed by atoms with van der Waals surface area (Å²) in [7, 11) is 0. The molecule has 0 radical (unpaired) electrons. The molecule has 6 heteroatoms. The van der Waals surface area contributed by atoms with Crippen LogP contribution in [-0.2, 0) is 0 Å². The number of hydrogen-bond acceptors (Lipinski definition) is 4. The number of aromatic hydroxyl groups is 1. The molecular weight excluding hydrogens is 198 g/mol. The molecule has 1 heterocycles. The predicted molar refractivity (Wildman–Crippen MR) is 50.0 cm³/mol. The summed E-state index contributed by atoms with van der Waals surface area (Å²) in [5.41, 5.74) is 0.0861. The van der Waals surface area contributed by atoms with E-state index in [1.54, 1.807) is 6.07 Å². The highest BCUT2D eigenvalue weighted by atomic mass is 16.4. The number of carbonyl (C=O) groups is 1. The molecule has 0 saturated heterocycles. The lowest BCUT2D eigenvalue weighted by atomic mass is 10.1. The number of hydrogen-bond donors (Lipinski definition) is 2. The largest absolute Gasteiger partial charge is 0.507 e. The summed E-state index contributed by atoms with van der Waals surface area (Å²) in [6.45, 7) is 0. The van der Waals surface area contributed by atoms with Crippen molar-refractivity contribution in [3.63, 3.8) is 0 Å². The Morgan fingerprint density at radius 3 is 2.80 bits per heavy atom. The van der Waals surface area contributed by atoms with E-state index in [0.29, 0.717) is 0 Å². The number of nitrogens with zero attached hydrogens (tertiary/aromatic N) is 3. The molecule has 0 spiro atoms. The zero-order valence-corrected chi connectivity index (χ0v) is 7.53. The molecule has 0 bridgehead atoms. The third kappa shape index (κ3) is 1.52. The number of aromatic nitrogens is 3. The van der Waals surface area contributed by atoms with Crippen molar-refractivity contribution in [3.8, 4) is 11.4 Å². The molecule has 0 aliphatic heterocycles. The maximum Gasteiger partial charge on any atom is 0.341 e. The van der Waals surface area contributed by atoms with Crippen LogP contribution in [0.2, 0.25) is 0 Å². The van der Waals surface area contributed by atoms with Gasteiger partial charge in [-0.15, -0.1) is 0 Å². The van der Waals surface area contributed by atoms with Crippen LogP contribution in [0.5, 0.6) is 5.75 Å². The average molecular weight is 205 g/mol. The van der Waals surface area contributed by atoms with Crippen molar-refractivity contribution in [2.45, 2.75) is 0 Å². The number of benzene rings is 1. The summed E-state index contributed by atoms with van der Waals surface area (Å²) in [5, 5.41) is 22.1. The van der Waals surface area contributed by atoms with Crippen molar-refractivity contribution >= 4 is 5.97 Å². The van der Waals surface area contributed by atoms with Crippen LogP contribution in [0.3, 0.4) is 0 Å². The van der Waals surface area contributed by atoms with E-state index in [2.05, 4.69) is 10.1 Å². The Morgan fingerprint density at radius 2 is 2.20 bits per heavy atom. The lowest BCUT2D eigenvalue weighted by Crippen LogP contribution is -2.06. The van der Waals surface area contributed by atoms with Crippen LogP contribution >= 0.6 is 0 Å². The van der Waals surface area contributed by atoms with E-state index in [4.69, 9.17) is 5.11 Å². The van der Waals surface area contributed by atoms with Crippen molar-refractivity contribution in [1.29, 1.82) is 0 Å². The number of rotatable bonds is 2. The molecule has 0 saturated carbocycles. The van der Waals surface area contributed by atoms with Gasteiger partial charge in [0.05, 0.1) is 5.69 Å². The topological polar surface area (TPSA) is 88.2 Å². The van der Waals surface area contributed by atoms with Crippen molar-refractivity contribution in [2.75, 3.05) is 0 Å². The summed E-state index contributed by atoms with van der Waals surface area (Å²) in [6.07, 6.45) is 2.65. The van der Waals surface area contributed by atoms with Crippen molar-refractivity contribution in [3.05, 3.63) is 36.4 Å². The maximum atomic E-state index is 10.9. The molecule has 0 unspecified atom stereocenters. The molecule has 2 rings (SSSR count). The smallest absolute Gasteiger partial charge is 0.341 e. The van der Waals surface area contributed by atoms with Crippen LogP contribution in [0.15, 0.2) is 30.9 Å². The van der Waals surface area contributed by atoms with Gasteiger partial charge in [-0.2, -0.15) is 5.10 Å². The highest BCUT2D eigenvalue weighted by molar-refractivity contribution is 5.94. The summed E-state index contributed by atoms with van der Waals surface area (Å²) in [5.74, 6) is -1.51. The molecule has 2 N–H and O–H groups in total. The fourth-order valence-electron chi connectivity index (χ4n) is 1.27. The summed E-state index contributed by atoms with van der Waals surface area (Å²) < 4.78 is 1.28. The van der Waals surface area contributed by atoms with Crippen LogP contribution in [0.1, 0.15) is 10.4 Å². The third-order valence-electron chi connectivity index (χ3n) is 1.90. The second-order valence-electron chi connectivity index (χ2n) is 2.82. The summed E-state index contributed by atoms with van der Waals surface area (Å²) in [6, 6.07) is 4.39. The highest BCUT2D eigenvalue weighted by Gasteiger charge is 2.16. The van der Waals surface area contributed by atoms with Crippen LogP contribution in [0.25, 0.3) is 5.69 Å². The van der Waals surface area contributed by atoms with Gasteiger partial charge >= 0.3 is 5.97 Å². The highest BCUT2D eigenvalue weighted by Crippen LogP contribution is 2.23. The van der Waals surface area contributed by atoms with E-state index in [1.165, 1.54) is 29.5 Å². The molecule has 1 aromatic heterocycles. The SMILES string of the molecule is O=C(O)c1c(O)cccc1-n1cncn1. The van der Waals surface area contributed by atoms with E-state index < -0.39 is 5.97 Å². The molecule has 0 aliphatic carbocycles. The van der Waals surface area contributed by atoms with E-state index in [9.17, 15) is 9.90 Å². The van der Waals surface area contributed by atoms with Gasteiger partial charge in [0.25, 0.3) is 0 Å². The van der Waals surface area contributed by atoms with Gasteiger partial charge in [-0.25, -0.2) is 14.5 Å². The average Bonchev–Trinajstić information content (AvgIpc) is 2.69. The normalized spacial score (nSPS) is 10.1. The molecule has 76 valence electrons. The molecule has 0 amide bonds. The molecule has 2 aromatic rings. The van der Waals surface area contributed by atoms with E-state index >= 15 is 0 Å². The summed E-state index contributed by atoms with van der Waals surface area (Å²) >= 11 is 0.